The van der Waals surface area contributed by atoms with Crippen LogP contribution >= 0.6 is 0 Å². The van der Waals surface area contributed by atoms with Gasteiger partial charge in [0, 0.05) is 31.7 Å². The summed E-state index contributed by atoms with van der Waals surface area (Å²) in [6.07, 6.45) is -1.50. The van der Waals surface area contributed by atoms with E-state index < -0.39 is 57.6 Å². The Balaban J connectivity index is 1.74. The van der Waals surface area contributed by atoms with Crippen molar-refractivity contribution in [3.63, 3.8) is 0 Å². The molecule has 3 rings (SSSR count). The Morgan fingerprint density at radius 2 is 1.76 bits per heavy atom. The summed E-state index contributed by atoms with van der Waals surface area (Å²) in [5, 5.41) is 17.8. The van der Waals surface area contributed by atoms with Crippen molar-refractivity contribution in [3.8, 4) is 0 Å². The lowest BCUT2D eigenvalue weighted by atomic mass is 9.81. The molecule has 42 heavy (non-hydrogen) atoms. The second-order valence-corrected chi connectivity index (χ2v) is 13.2. The molecule has 1 saturated carbocycles. The van der Waals surface area contributed by atoms with Crippen LogP contribution in [0.2, 0.25) is 0 Å². The first-order chi connectivity index (χ1) is 19.6. The normalized spacial score (nSPS) is 22.1. The van der Waals surface area contributed by atoms with Crippen LogP contribution < -0.4 is 16.0 Å². The molecule has 11 nitrogen and oxygen atoms in total. The molecule has 1 saturated heterocycles. The standard InChI is InChI=1S/C28H41F2N3O8S/c1-17(2)14-21(25(35)32-22(26(36)42(38,39)40)16-20-10-13-31-24(20)34)33-27(37)41-23(15-18-6-4-3-5-7-18)19-8-11-28(29,30)12-9-19/h3-7,17,19-23,26,36H,8-16H2,1-2H3,(H,31,34)(H,32,35)(H,33,37)(H,38,39,40)/t20-,21-,22-,23-,26+/m0/s1. The number of hydrogen-bond donors (Lipinski definition) is 5. The molecule has 1 aliphatic heterocycles. The van der Waals surface area contributed by atoms with Gasteiger partial charge in [0.25, 0.3) is 10.1 Å². The number of ether oxygens (including phenoxy) is 1. The highest BCUT2D eigenvalue weighted by Crippen LogP contribution is 2.39. The zero-order valence-corrected chi connectivity index (χ0v) is 24.6. The molecule has 2 fully saturated rings. The molecular formula is C28H41F2N3O8S. The Morgan fingerprint density at radius 3 is 2.31 bits per heavy atom. The van der Waals surface area contributed by atoms with Crippen LogP contribution in [-0.4, -0.2) is 72.1 Å². The molecule has 14 heteroatoms. The Labute approximate surface area is 244 Å². The molecule has 1 aromatic carbocycles. The molecule has 236 valence electrons. The summed E-state index contributed by atoms with van der Waals surface area (Å²) < 4.78 is 66.3. The van der Waals surface area contributed by atoms with Crippen LogP contribution in [0.25, 0.3) is 0 Å². The van der Waals surface area contributed by atoms with E-state index in [4.69, 9.17) is 4.74 Å². The van der Waals surface area contributed by atoms with Crippen molar-refractivity contribution >= 4 is 28.0 Å². The number of alkyl halides is 2. The van der Waals surface area contributed by atoms with Crippen LogP contribution in [0.1, 0.15) is 64.4 Å². The molecule has 1 heterocycles. The monoisotopic (exact) mass is 617 g/mol. The first kappa shape index (κ1) is 33.7. The lowest BCUT2D eigenvalue weighted by molar-refractivity contribution is -0.126. The van der Waals surface area contributed by atoms with Crippen molar-refractivity contribution in [1.29, 1.82) is 0 Å². The van der Waals surface area contributed by atoms with Crippen molar-refractivity contribution in [3.05, 3.63) is 35.9 Å². The third-order valence-corrected chi connectivity index (χ3v) is 8.76. The molecule has 0 aromatic heterocycles. The van der Waals surface area contributed by atoms with E-state index in [0.29, 0.717) is 13.0 Å². The van der Waals surface area contributed by atoms with Gasteiger partial charge in [0.2, 0.25) is 23.2 Å². The third kappa shape index (κ3) is 10.2. The molecule has 1 aromatic rings. The van der Waals surface area contributed by atoms with Crippen molar-refractivity contribution < 1.29 is 46.0 Å². The van der Waals surface area contributed by atoms with Crippen molar-refractivity contribution in [2.45, 2.75) is 94.8 Å². The molecule has 0 spiro atoms. The Morgan fingerprint density at radius 1 is 1.12 bits per heavy atom. The van der Waals surface area contributed by atoms with Crippen molar-refractivity contribution in [2.24, 2.45) is 17.8 Å². The minimum atomic E-state index is -5.00. The highest BCUT2D eigenvalue weighted by Gasteiger charge is 2.40. The number of carbonyl (C=O) groups excluding carboxylic acids is 3. The number of carbonyl (C=O) groups is 3. The summed E-state index contributed by atoms with van der Waals surface area (Å²) in [5.74, 6) is -5.12. The maximum Gasteiger partial charge on any atom is 0.408 e. The quantitative estimate of drug-likeness (QED) is 0.210. The summed E-state index contributed by atoms with van der Waals surface area (Å²) in [7, 11) is -5.00. The van der Waals surface area contributed by atoms with Crippen molar-refractivity contribution in [1.82, 2.24) is 16.0 Å². The summed E-state index contributed by atoms with van der Waals surface area (Å²) in [6.45, 7) is 3.93. The van der Waals surface area contributed by atoms with E-state index in [1.54, 1.807) is 13.8 Å². The van der Waals surface area contributed by atoms with Crippen LogP contribution in [0.15, 0.2) is 30.3 Å². The number of aliphatic hydroxyl groups is 1. The van der Waals surface area contributed by atoms with Crippen LogP contribution in [0.4, 0.5) is 13.6 Å². The number of alkyl carbamates (subject to hydrolysis) is 1. The van der Waals surface area contributed by atoms with E-state index in [1.165, 1.54) is 0 Å². The summed E-state index contributed by atoms with van der Waals surface area (Å²) >= 11 is 0. The number of aliphatic hydroxyl groups excluding tert-OH is 1. The van der Waals surface area contributed by atoms with Crippen LogP contribution in [-0.2, 0) is 30.9 Å². The number of hydrogen-bond acceptors (Lipinski definition) is 7. The van der Waals surface area contributed by atoms with Gasteiger partial charge < -0.3 is 25.8 Å². The molecule has 0 radical (unpaired) electrons. The van der Waals surface area contributed by atoms with E-state index in [-0.39, 0.29) is 62.7 Å². The summed E-state index contributed by atoms with van der Waals surface area (Å²) in [6, 6.07) is 6.38. The average Bonchev–Trinajstić information content (AvgIpc) is 3.30. The molecule has 2 aliphatic rings. The maximum atomic E-state index is 13.8. The predicted molar refractivity (Wildman–Crippen MR) is 149 cm³/mol. The molecule has 1 aliphatic carbocycles. The fraction of sp³-hybridized carbons (Fsp3) is 0.679. The van der Waals surface area contributed by atoms with E-state index in [1.807, 2.05) is 30.3 Å². The van der Waals surface area contributed by atoms with Gasteiger partial charge in [0.05, 0.1) is 6.04 Å². The minimum Gasteiger partial charge on any atom is -0.446 e. The Kier molecular flexibility index (Phi) is 11.7. The molecule has 0 unspecified atom stereocenters. The Hall–Kier alpha value is -2.84. The zero-order chi connectivity index (χ0) is 31.1. The molecule has 5 N–H and O–H groups in total. The average molecular weight is 618 g/mol. The van der Waals surface area contributed by atoms with E-state index in [0.717, 1.165) is 5.56 Å². The first-order valence-electron chi connectivity index (χ1n) is 14.3. The van der Waals surface area contributed by atoms with Crippen molar-refractivity contribution in [2.75, 3.05) is 6.54 Å². The first-order valence-corrected chi connectivity index (χ1v) is 15.8. The molecule has 5 atom stereocenters. The van der Waals surface area contributed by atoms with Gasteiger partial charge in [0.15, 0.2) is 0 Å². The van der Waals surface area contributed by atoms with Gasteiger partial charge in [-0.15, -0.1) is 0 Å². The number of amides is 3. The van der Waals surface area contributed by atoms with Gasteiger partial charge in [0.1, 0.15) is 12.1 Å². The largest absolute Gasteiger partial charge is 0.446 e. The zero-order valence-electron chi connectivity index (χ0n) is 23.8. The molecule has 0 bridgehead atoms. The maximum absolute atomic E-state index is 13.8. The van der Waals surface area contributed by atoms with Crippen LogP contribution in [0, 0.1) is 17.8 Å². The number of rotatable bonds is 13. The minimum absolute atomic E-state index is 0.110. The number of benzene rings is 1. The van der Waals surface area contributed by atoms with E-state index in [2.05, 4.69) is 16.0 Å². The van der Waals surface area contributed by atoms with Crippen LogP contribution in [0.3, 0.4) is 0 Å². The fourth-order valence-electron chi connectivity index (χ4n) is 5.52. The van der Waals surface area contributed by atoms with Gasteiger partial charge in [-0.25, -0.2) is 13.6 Å². The topological polar surface area (TPSA) is 171 Å². The molecule has 3 amide bonds. The lowest BCUT2D eigenvalue weighted by Crippen LogP contribution is -2.55. The summed E-state index contributed by atoms with van der Waals surface area (Å²) in [4.78, 5) is 38.5. The Bertz CT molecular complexity index is 1170. The van der Waals surface area contributed by atoms with Crippen LogP contribution in [0.5, 0.6) is 0 Å². The fourth-order valence-corrected chi connectivity index (χ4v) is 6.11. The lowest BCUT2D eigenvalue weighted by Gasteiger charge is -2.34. The second kappa shape index (κ2) is 14.6. The smallest absolute Gasteiger partial charge is 0.408 e. The van der Waals surface area contributed by atoms with Gasteiger partial charge in [-0.1, -0.05) is 44.2 Å². The second-order valence-electron chi connectivity index (χ2n) is 11.7. The van der Waals surface area contributed by atoms with E-state index in [9.17, 15) is 41.2 Å². The van der Waals surface area contributed by atoms with Gasteiger partial charge in [-0.2, -0.15) is 8.42 Å². The SMILES string of the molecule is CC(C)C[C@H](NC(=O)O[C@@H](Cc1ccccc1)C1CCC(F)(F)CC1)C(=O)N[C@@H](C[C@@H]1CCNC1=O)[C@H](O)S(=O)(=O)O. The third-order valence-electron chi connectivity index (χ3n) is 7.82. The van der Waals surface area contributed by atoms with Gasteiger partial charge >= 0.3 is 6.09 Å². The van der Waals surface area contributed by atoms with Gasteiger partial charge in [-0.3, -0.25) is 14.1 Å². The highest BCUT2D eigenvalue weighted by molar-refractivity contribution is 7.86. The summed E-state index contributed by atoms with van der Waals surface area (Å²) in [5.41, 5.74) is -1.55. The molecular weight excluding hydrogens is 576 g/mol. The predicted octanol–water partition coefficient (Wildman–Crippen LogP) is 2.78. The van der Waals surface area contributed by atoms with E-state index >= 15 is 0 Å². The highest BCUT2D eigenvalue weighted by atomic mass is 32.2. The number of halogens is 2. The number of nitrogens with one attached hydrogen (secondary N) is 3. The van der Waals surface area contributed by atoms with Gasteiger partial charge in [-0.05, 0) is 49.5 Å².